The summed E-state index contributed by atoms with van der Waals surface area (Å²) in [5.41, 5.74) is 8.64. The largest absolute Gasteiger partial charge is 0.477 e. The molecule has 0 unspecified atom stereocenters. The van der Waals surface area contributed by atoms with Crippen molar-refractivity contribution in [1.29, 1.82) is 5.26 Å². The van der Waals surface area contributed by atoms with E-state index in [1.165, 1.54) is 0 Å². The molecule has 5 nitrogen and oxygen atoms in total. The molecule has 1 aliphatic carbocycles. The van der Waals surface area contributed by atoms with E-state index >= 15 is 0 Å². The summed E-state index contributed by atoms with van der Waals surface area (Å²) in [6.45, 7) is 4.20. The van der Waals surface area contributed by atoms with E-state index < -0.39 is 5.97 Å². The lowest BCUT2D eigenvalue weighted by Gasteiger charge is -2.30. The van der Waals surface area contributed by atoms with E-state index in [1.54, 1.807) is 0 Å². The molecule has 5 heteroatoms. The summed E-state index contributed by atoms with van der Waals surface area (Å²) >= 11 is 0. The zero-order valence-electron chi connectivity index (χ0n) is 27.1. The molecular weight excluding hydrogens is 590 g/mol. The second kappa shape index (κ2) is 14.1. The molecule has 6 rings (SSSR count). The molecule has 236 valence electrons. The Balaban J connectivity index is 1.30. The maximum Gasteiger partial charge on any atom is 0.346 e. The average Bonchev–Trinajstić information content (AvgIpc) is 3.10. The fourth-order valence-electron chi connectivity index (χ4n) is 6.30. The van der Waals surface area contributed by atoms with Gasteiger partial charge in [0, 0.05) is 34.1 Å². The Morgan fingerprint density at radius 3 is 1.42 bits per heavy atom. The molecule has 0 fully saturated rings. The van der Waals surface area contributed by atoms with Crippen molar-refractivity contribution in [2.75, 3.05) is 9.80 Å². The Kier molecular flexibility index (Phi) is 9.36. The van der Waals surface area contributed by atoms with Crippen LogP contribution in [0.2, 0.25) is 0 Å². The molecular formula is C43H37N3O2. The highest BCUT2D eigenvalue weighted by atomic mass is 16.4. The van der Waals surface area contributed by atoms with E-state index in [9.17, 15) is 15.2 Å². The van der Waals surface area contributed by atoms with Crippen molar-refractivity contribution in [2.24, 2.45) is 5.41 Å². The Hall–Kier alpha value is -6.12. The standard InChI is InChI=1S/C43H37N3O2/c1-43(2)29-33(28-34(30-43)41(31-44)42(47)48)19-18-32-20-22-38(23-21-32)46(37-16-10-5-11-17-37)40-26-24-39(25-27-40)45(35-12-6-3-7-13-35)36-14-8-4-9-15-36/h3-28H,29-30H2,1-2H3,(H,47,48). The van der Waals surface area contributed by atoms with Crippen LogP contribution in [0, 0.1) is 16.7 Å². The number of hydrogen-bond donors (Lipinski definition) is 1. The van der Waals surface area contributed by atoms with Crippen LogP contribution in [0.1, 0.15) is 32.3 Å². The van der Waals surface area contributed by atoms with Gasteiger partial charge in [-0.3, -0.25) is 0 Å². The highest BCUT2D eigenvalue weighted by Crippen LogP contribution is 2.41. The second-order valence-electron chi connectivity index (χ2n) is 12.7. The molecule has 0 bridgehead atoms. The summed E-state index contributed by atoms with van der Waals surface area (Å²) in [5, 5.41) is 19.0. The van der Waals surface area contributed by atoms with Crippen LogP contribution in [0.4, 0.5) is 34.1 Å². The van der Waals surface area contributed by atoms with E-state index in [0.29, 0.717) is 12.0 Å². The Labute approximate surface area is 282 Å². The van der Waals surface area contributed by atoms with Crippen molar-refractivity contribution < 1.29 is 9.90 Å². The Morgan fingerprint density at radius 1 is 0.625 bits per heavy atom. The molecule has 0 heterocycles. The zero-order chi connectivity index (χ0) is 33.5. The molecule has 0 saturated carbocycles. The number of benzene rings is 5. The van der Waals surface area contributed by atoms with Crippen LogP contribution in [-0.4, -0.2) is 11.1 Å². The first-order chi connectivity index (χ1) is 23.3. The normalized spacial score (nSPS) is 14.9. The number of nitrogens with zero attached hydrogens (tertiary/aromatic N) is 3. The molecule has 0 amide bonds. The predicted octanol–water partition coefficient (Wildman–Crippen LogP) is 11.3. The molecule has 5 aromatic rings. The lowest BCUT2D eigenvalue weighted by Crippen LogP contribution is -2.19. The van der Waals surface area contributed by atoms with Gasteiger partial charge in [0.25, 0.3) is 0 Å². The number of allylic oxidation sites excluding steroid dienone is 4. The van der Waals surface area contributed by atoms with Gasteiger partial charge in [-0.15, -0.1) is 0 Å². The number of carbonyl (C=O) groups is 1. The van der Waals surface area contributed by atoms with Crippen molar-refractivity contribution in [1.82, 2.24) is 0 Å². The number of carboxylic acids is 1. The van der Waals surface area contributed by atoms with E-state index in [1.807, 2.05) is 54.6 Å². The average molecular weight is 628 g/mol. The van der Waals surface area contributed by atoms with Gasteiger partial charge in [-0.1, -0.05) is 98.8 Å². The summed E-state index contributed by atoms with van der Waals surface area (Å²) in [7, 11) is 0. The van der Waals surface area contributed by atoms with E-state index in [2.05, 4.69) is 133 Å². The molecule has 5 aromatic carbocycles. The van der Waals surface area contributed by atoms with Crippen molar-refractivity contribution in [2.45, 2.75) is 26.7 Å². The Bertz CT molecular complexity index is 1960. The first kappa shape index (κ1) is 31.8. The monoisotopic (exact) mass is 627 g/mol. The number of aliphatic carboxylic acids is 1. The number of para-hydroxylation sites is 3. The number of rotatable bonds is 9. The topological polar surface area (TPSA) is 67.6 Å². The molecule has 0 saturated heterocycles. The SMILES string of the molecule is CC1(C)CC(C=Cc2ccc(N(c3ccccc3)c3ccc(N(c4ccccc4)c4ccccc4)cc3)cc2)=CC(=C(C#N)C(=O)O)C1. The highest BCUT2D eigenvalue weighted by Gasteiger charge is 2.28. The maximum absolute atomic E-state index is 11.6. The van der Waals surface area contributed by atoms with Crippen LogP contribution in [0.25, 0.3) is 6.08 Å². The number of carboxylic acid groups (broad SMARTS) is 1. The minimum atomic E-state index is -1.18. The van der Waals surface area contributed by atoms with E-state index in [0.717, 1.165) is 51.7 Å². The smallest absolute Gasteiger partial charge is 0.346 e. The van der Waals surface area contributed by atoms with Crippen LogP contribution in [-0.2, 0) is 4.79 Å². The summed E-state index contributed by atoms with van der Waals surface area (Å²) in [5.74, 6) is -1.18. The van der Waals surface area contributed by atoms with E-state index in [-0.39, 0.29) is 11.0 Å². The number of hydrogen-bond acceptors (Lipinski definition) is 4. The quantitative estimate of drug-likeness (QED) is 0.130. The first-order valence-electron chi connectivity index (χ1n) is 16.0. The van der Waals surface area contributed by atoms with Crippen LogP contribution < -0.4 is 9.80 Å². The summed E-state index contributed by atoms with van der Waals surface area (Å²) in [6, 6.07) is 50.0. The fraction of sp³-hybridized carbons (Fsp3) is 0.116. The molecule has 0 atom stereocenters. The lowest BCUT2D eigenvalue weighted by atomic mass is 9.74. The van der Waals surface area contributed by atoms with Crippen LogP contribution in [0.15, 0.2) is 168 Å². The first-order valence-corrected chi connectivity index (χ1v) is 16.0. The second-order valence-corrected chi connectivity index (χ2v) is 12.7. The van der Waals surface area contributed by atoms with Crippen molar-refractivity contribution >= 4 is 46.2 Å². The molecule has 0 spiro atoms. The lowest BCUT2D eigenvalue weighted by molar-refractivity contribution is -0.132. The van der Waals surface area contributed by atoms with Crippen LogP contribution in [0.5, 0.6) is 0 Å². The summed E-state index contributed by atoms with van der Waals surface area (Å²) in [4.78, 5) is 16.1. The minimum Gasteiger partial charge on any atom is -0.477 e. The Morgan fingerprint density at radius 2 is 1.02 bits per heavy atom. The molecule has 48 heavy (non-hydrogen) atoms. The molecule has 1 N–H and O–H groups in total. The number of nitriles is 1. The van der Waals surface area contributed by atoms with Gasteiger partial charge in [-0.05, 0) is 108 Å². The molecule has 0 aromatic heterocycles. The van der Waals surface area contributed by atoms with Gasteiger partial charge in [0.2, 0.25) is 0 Å². The van der Waals surface area contributed by atoms with Gasteiger partial charge in [0.1, 0.15) is 11.6 Å². The van der Waals surface area contributed by atoms with Gasteiger partial charge in [0.05, 0.1) is 0 Å². The van der Waals surface area contributed by atoms with Crippen molar-refractivity contribution in [3.8, 4) is 6.07 Å². The molecule has 0 radical (unpaired) electrons. The highest BCUT2D eigenvalue weighted by molar-refractivity contribution is 5.93. The predicted molar refractivity (Wildman–Crippen MR) is 196 cm³/mol. The van der Waals surface area contributed by atoms with E-state index in [4.69, 9.17) is 0 Å². The number of anilines is 6. The van der Waals surface area contributed by atoms with Gasteiger partial charge in [-0.25, -0.2) is 4.79 Å². The minimum absolute atomic E-state index is 0.143. The third-order valence-corrected chi connectivity index (χ3v) is 8.41. The zero-order valence-corrected chi connectivity index (χ0v) is 27.1. The van der Waals surface area contributed by atoms with Crippen LogP contribution in [0.3, 0.4) is 0 Å². The maximum atomic E-state index is 11.6. The van der Waals surface area contributed by atoms with Crippen molar-refractivity contribution in [3.05, 3.63) is 174 Å². The molecule has 1 aliphatic rings. The van der Waals surface area contributed by atoms with Gasteiger partial charge >= 0.3 is 5.97 Å². The fourth-order valence-corrected chi connectivity index (χ4v) is 6.30. The summed E-state index contributed by atoms with van der Waals surface area (Å²) in [6.07, 6.45) is 7.30. The van der Waals surface area contributed by atoms with Gasteiger partial charge < -0.3 is 14.9 Å². The molecule has 0 aliphatic heterocycles. The van der Waals surface area contributed by atoms with Crippen LogP contribution >= 0.6 is 0 Å². The third kappa shape index (κ3) is 7.30. The van der Waals surface area contributed by atoms with Gasteiger partial charge in [0.15, 0.2) is 0 Å². The third-order valence-electron chi connectivity index (χ3n) is 8.41. The van der Waals surface area contributed by atoms with Crippen molar-refractivity contribution in [3.63, 3.8) is 0 Å². The summed E-state index contributed by atoms with van der Waals surface area (Å²) < 4.78 is 0. The van der Waals surface area contributed by atoms with Gasteiger partial charge in [-0.2, -0.15) is 5.26 Å².